The van der Waals surface area contributed by atoms with Crippen molar-refractivity contribution in [3.63, 3.8) is 0 Å². The van der Waals surface area contributed by atoms with Crippen molar-refractivity contribution in [2.75, 3.05) is 20.1 Å². The van der Waals surface area contributed by atoms with Crippen molar-refractivity contribution in [1.29, 1.82) is 0 Å². The summed E-state index contributed by atoms with van der Waals surface area (Å²) >= 11 is 0. The summed E-state index contributed by atoms with van der Waals surface area (Å²) in [6.45, 7) is 3.46. The predicted molar refractivity (Wildman–Crippen MR) is 89.5 cm³/mol. The van der Waals surface area contributed by atoms with Gasteiger partial charge in [-0.25, -0.2) is 0 Å². The summed E-state index contributed by atoms with van der Waals surface area (Å²) < 4.78 is 2.26. The number of likely N-dealkylation sites (tertiary alicyclic amines) is 1. The van der Waals surface area contributed by atoms with Crippen LogP contribution < -0.4 is 5.32 Å². The lowest BCUT2D eigenvalue weighted by atomic mass is 9.98. The largest absolute Gasteiger partial charge is 0.350 e. The summed E-state index contributed by atoms with van der Waals surface area (Å²) in [5.74, 6) is 0. The van der Waals surface area contributed by atoms with Crippen molar-refractivity contribution >= 4 is 10.9 Å². The Hall–Kier alpha value is -1.32. The molecule has 1 aromatic heterocycles. The van der Waals surface area contributed by atoms with Crippen LogP contribution in [0.1, 0.15) is 31.2 Å². The number of hydrogen-bond donors (Lipinski definition) is 1. The standard InChI is InChI=1S/C18H27N3/c1-19-11-10-16-7-5-6-12-21(16)14-15-13-20(2)18-9-4-3-8-17(15)18/h3-4,8-9,13,16,19H,5-7,10-12,14H2,1-2H3. The van der Waals surface area contributed by atoms with Gasteiger partial charge in [0.25, 0.3) is 0 Å². The normalized spacial score (nSPS) is 20.2. The molecule has 0 aliphatic carbocycles. The summed E-state index contributed by atoms with van der Waals surface area (Å²) in [4.78, 5) is 2.70. The summed E-state index contributed by atoms with van der Waals surface area (Å²) in [6.07, 6.45) is 7.67. The first-order valence-electron chi connectivity index (χ1n) is 8.21. The highest BCUT2D eigenvalue weighted by atomic mass is 15.2. The molecule has 1 fully saturated rings. The molecule has 1 aliphatic heterocycles. The topological polar surface area (TPSA) is 20.2 Å². The van der Waals surface area contributed by atoms with Crippen LogP contribution >= 0.6 is 0 Å². The molecule has 21 heavy (non-hydrogen) atoms. The van der Waals surface area contributed by atoms with Crippen molar-refractivity contribution < 1.29 is 0 Å². The van der Waals surface area contributed by atoms with E-state index in [1.54, 1.807) is 0 Å². The van der Waals surface area contributed by atoms with E-state index in [0.717, 1.165) is 19.1 Å². The van der Waals surface area contributed by atoms with Gasteiger partial charge in [-0.2, -0.15) is 0 Å². The molecule has 0 bridgehead atoms. The third-order valence-corrected chi connectivity index (χ3v) is 4.83. The molecule has 0 spiro atoms. The maximum absolute atomic E-state index is 3.30. The van der Waals surface area contributed by atoms with Gasteiger partial charge in [-0.15, -0.1) is 0 Å². The van der Waals surface area contributed by atoms with Crippen LogP contribution in [-0.2, 0) is 13.6 Å². The molecule has 3 nitrogen and oxygen atoms in total. The zero-order chi connectivity index (χ0) is 14.7. The lowest BCUT2D eigenvalue weighted by molar-refractivity contribution is 0.133. The number of rotatable bonds is 5. The van der Waals surface area contributed by atoms with Crippen LogP contribution in [0.2, 0.25) is 0 Å². The lowest BCUT2D eigenvalue weighted by Crippen LogP contribution is -2.40. The van der Waals surface area contributed by atoms with Gasteiger partial charge in [0.2, 0.25) is 0 Å². The van der Waals surface area contributed by atoms with Gasteiger partial charge in [0.1, 0.15) is 0 Å². The highest BCUT2D eigenvalue weighted by Crippen LogP contribution is 2.26. The van der Waals surface area contributed by atoms with Crippen molar-refractivity contribution in [2.24, 2.45) is 7.05 Å². The number of para-hydroxylation sites is 1. The van der Waals surface area contributed by atoms with Crippen molar-refractivity contribution in [2.45, 2.75) is 38.3 Å². The van der Waals surface area contributed by atoms with Gasteiger partial charge in [0.15, 0.2) is 0 Å². The lowest BCUT2D eigenvalue weighted by Gasteiger charge is -2.35. The molecule has 0 saturated carbocycles. The van der Waals surface area contributed by atoms with Gasteiger partial charge in [0.05, 0.1) is 0 Å². The Bertz CT molecular complexity index is 587. The minimum absolute atomic E-state index is 0.741. The Labute approximate surface area is 127 Å². The maximum Gasteiger partial charge on any atom is 0.0481 e. The molecule has 1 unspecified atom stereocenters. The van der Waals surface area contributed by atoms with Gasteiger partial charge in [-0.05, 0) is 51.0 Å². The Kier molecular flexibility index (Phi) is 4.61. The third-order valence-electron chi connectivity index (χ3n) is 4.83. The Morgan fingerprint density at radius 3 is 2.95 bits per heavy atom. The molecule has 1 atom stereocenters. The fraction of sp³-hybridized carbons (Fsp3) is 0.556. The Balaban J connectivity index is 1.79. The van der Waals surface area contributed by atoms with Gasteiger partial charge in [-0.3, -0.25) is 4.90 Å². The molecule has 3 rings (SSSR count). The van der Waals surface area contributed by atoms with Gasteiger partial charge in [0, 0.05) is 36.7 Å². The highest BCUT2D eigenvalue weighted by Gasteiger charge is 2.22. The SMILES string of the molecule is CNCCC1CCCCN1Cc1cn(C)c2ccccc12. The first-order chi connectivity index (χ1) is 10.3. The molecule has 1 N–H and O–H groups in total. The molecule has 2 heterocycles. The molecule has 3 heteroatoms. The number of aromatic nitrogens is 1. The second kappa shape index (κ2) is 6.63. The monoisotopic (exact) mass is 285 g/mol. The van der Waals surface area contributed by atoms with Crippen LogP contribution in [0.3, 0.4) is 0 Å². The number of aryl methyl sites for hydroxylation is 1. The molecular formula is C18H27N3. The van der Waals surface area contributed by atoms with Crippen LogP contribution in [0.4, 0.5) is 0 Å². The quantitative estimate of drug-likeness (QED) is 0.910. The number of benzene rings is 1. The van der Waals surface area contributed by atoms with Crippen LogP contribution in [0, 0.1) is 0 Å². The molecular weight excluding hydrogens is 258 g/mol. The molecule has 2 aromatic rings. The minimum Gasteiger partial charge on any atom is -0.350 e. The number of nitrogens with zero attached hydrogens (tertiary/aromatic N) is 2. The zero-order valence-corrected chi connectivity index (χ0v) is 13.3. The van der Waals surface area contributed by atoms with Crippen LogP contribution in [-0.4, -0.2) is 35.6 Å². The summed E-state index contributed by atoms with van der Waals surface area (Å²) in [5.41, 5.74) is 2.82. The zero-order valence-electron chi connectivity index (χ0n) is 13.3. The maximum atomic E-state index is 3.30. The first kappa shape index (κ1) is 14.6. The number of piperidine rings is 1. The van der Waals surface area contributed by atoms with E-state index in [9.17, 15) is 0 Å². The minimum atomic E-state index is 0.741. The fourth-order valence-electron chi connectivity index (χ4n) is 3.68. The average Bonchev–Trinajstić information content (AvgIpc) is 2.83. The van der Waals surface area contributed by atoms with Crippen molar-refractivity contribution in [3.05, 3.63) is 36.0 Å². The predicted octanol–water partition coefficient (Wildman–Crippen LogP) is 3.14. The first-order valence-corrected chi connectivity index (χ1v) is 8.21. The summed E-state index contributed by atoms with van der Waals surface area (Å²) in [6, 6.07) is 9.50. The van der Waals surface area contributed by atoms with Gasteiger partial charge < -0.3 is 9.88 Å². The smallest absolute Gasteiger partial charge is 0.0481 e. The number of nitrogens with one attached hydrogen (secondary N) is 1. The molecule has 1 saturated heterocycles. The Morgan fingerprint density at radius 1 is 1.24 bits per heavy atom. The summed E-state index contributed by atoms with van der Waals surface area (Å²) in [7, 11) is 4.21. The van der Waals surface area contributed by atoms with Crippen LogP contribution in [0.5, 0.6) is 0 Å². The number of fused-ring (bicyclic) bond motifs is 1. The number of hydrogen-bond acceptors (Lipinski definition) is 2. The van der Waals surface area contributed by atoms with Crippen molar-refractivity contribution in [3.8, 4) is 0 Å². The van der Waals surface area contributed by atoms with E-state index < -0.39 is 0 Å². The van der Waals surface area contributed by atoms with E-state index in [4.69, 9.17) is 0 Å². The Morgan fingerprint density at radius 2 is 2.10 bits per heavy atom. The van der Waals surface area contributed by atoms with E-state index in [-0.39, 0.29) is 0 Å². The fourth-order valence-corrected chi connectivity index (χ4v) is 3.68. The molecule has 1 aromatic carbocycles. The van der Waals surface area contributed by atoms with Crippen LogP contribution in [0.25, 0.3) is 10.9 Å². The molecule has 1 aliphatic rings. The molecule has 0 radical (unpaired) electrons. The van der Waals surface area contributed by atoms with E-state index in [1.807, 2.05) is 0 Å². The molecule has 0 amide bonds. The highest BCUT2D eigenvalue weighted by molar-refractivity contribution is 5.83. The second-order valence-electron chi connectivity index (χ2n) is 6.29. The second-order valence-corrected chi connectivity index (χ2v) is 6.29. The van der Waals surface area contributed by atoms with E-state index in [1.165, 1.54) is 48.7 Å². The van der Waals surface area contributed by atoms with Crippen LogP contribution in [0.15, 0.2) is 30.5 Å². The van der Waals surface area contributed by atoms with Gasteiger partial charge in [-0.1, -0.05) is 24.6 Å². The van der Waals surface area contributed by atoms with Gasteiger partial charge >= 0.3 is 0 Å². The van der Waals surface area contributed by atoms with E-state index in [2.05, 4.69) is 59.3 Å². The van der Waals surface area contributed by atoms with E-state index >= 15 is 0 Å². The average molecular weight is 285 g/mol. The summed E-state index contributed by atoms with van der Waals surface area (Å²) in [5, 5.41) is 4.72. The third kappa shape index (κ3) is 3.14. The molecule has 114 valence electrons. The van der Waals surface area contributed by atoms with E-state index in [0.29, 0.717) is 0 Å². The van der Waals surface area contributed by atoms with Crippen molar-refractivity contribution in [1.82, 2.24) is 14.8 Å².